The third-order valence-corrected chi connectivity index (χ3v) is 8.52. The van der Waals surface area contributed by atoms with Crippen molar-refractivity contribution in [2.24, 2.45) is 0 Å². The minimum absolute atomic E-state index is 0.459. The summed E-state index contributed by atoms with van der Waals surface area (Å²) in [7, 11) is 0. The van der Waals surface area contributed by atoms with E-state index in [0.717, 1.165) is 66.4 Å². The summed E-state index contributed by atoms with van der Waals surface area (Å²) in [4.78, 5) is 17.4. The van der Waals surface area contributed by atoms with Gasteiger partial charge in [-0.1, -0.05) is 91.0 Å². The number of hydrogen-bond donors (Lipinski definition) is 0. The van der Waals surface area contributed by atoms with Crippen LogP contribution in [0.5, 0.6) is 11.5 Å². The quantitative estimate of drug-likeness (QED) is 0.201. The highest BCUT2D eigenvalue weighted by atomic mass is 16.5. The van der Waals surface area contributed by atoms with Crippen molar-refractivity contribution in [3.8, 4) is 34.3 Å². The molecule has 0 fully saturated rings. The maximum atomic E-state index is 6.51. The van der Waals surface area contributed by atoms with E-state index in [1.54, 1.807) is 0 Å². The van der Waals surface area contributed by atoms with E-state index in [0.29, 0.717) is 29.1 Å². The smallest absolute Gasteiger partial charge is 0.239 e. The summed E-state index contributed by atoms with van der Waals surface area (Å²) in [6.45, 7) is 0. The van der Waals surface area contributed by atoms with Gasteiger partial charge in [0, 0.05) is 38.7 Å². The number of para-hydroxylation sites is 4. The normalized spacial score (nSPS) is 12.5. The molecule has 0 N–H and O–H groups in total. The lowest BCUT2D eigenvalue weighted by Crippen LogP contribution is -2.19. The Morgan fingerprint density at radius 3 is 2.04 bits per heavy atom. The number of hydrogen-bond acceptors (Lipinski definition) is 7. The van der Waals surface area contributed by atoms with Crippen LogP contribution in [-0.2, 0) is 0 Å². The first-order valence-corrected chi connectivity index (χ1v) is 15.0. The molecule has 0 amide bonds. The fourth-order valence-corrected chi connectivity index (χ4v) is 6.45. The van der Waals surface area contributed by atoms with E-state index in [4.69, 9.17) is 28.5 Å². The van der Waals surface area contributed by atoms with Gasteiger partial charge in [0.1, 0.15) is 22.3 Å². The van der Waals surface area contributed by atoms with Crippen molar-refractivity contribution in [2.45, 2.75) is 0 Å². The van der Waals surface area contributed by atoms with E-state index in [1.807, 2.05) is 126 Å². The van der Waals surface area contributed by atoms with Crippen LogP contribution < -0.4 is 9.64 Å². The van der Waals surface area contributed by atoms with E-state index in [9.17, 15) is 0 Å². The van der Waals surface area contributed by atoms with E-state index in [1.165, 1.54) is 0 Å². The van der Waals surface area contributed by atoms with Crippen LogP contribution in [-0.4, -0.2) is 15.0 Å². The molecular weight excluding hydrogens is 572 g/mol. The van der Waals surface area contributed by atoms with Crippen molar-refractivity contribution >= 4 is 61.2 Å². The van der Waals surface area contributed by atoms with Crippen LogP contribution in [0.15, 0.2) is 142 Å². The molecule has 0 aliphatic carbocycles. The van der Waals surface area contributed by atoms with E-state index < -0.39 is 0 Å². The van der Waals surface area contributed by atoms with Gasteiger partial charge in [0.2, 0.25) is 5.95 Å². The predicted molar refractivity (Wildman–Crippen MR) is 180 cm³/mol. The summed E-state index contributed by atoms with van der Waals surface area (Å²) in [5.41, 5.74) is 6.48. The van der Waals surface area contributed by atoms with Crippen molar-refractivity contribution in [1.29, 1.82) is 0 Å². The van der Waals surface area contributed by atoms with Gasteiger partial charge in [-0.05, 0) is 36.4 Å². The summed E-state index contributed by atoms with van der Waals surface area (Å²) >= 11 is 0. The van der Waals surface area contributed by atoms with E-state index in [2.05, 4.69) is 12.1 Å². The lowest BCUT2D eigenvalue weighted by Gasteiger charge is -2.31. The second kappa shape index (κ2) is 9.51. The molecule has 6 aromatic carbocycles. The molecule has 10 rings (SSSR count). The van der Waals surface area contributed by atoms with Gasteiger partial charge in [-0.15, -0.1) is 0 Å². The Balaban J connectivity index is 1.26. The predicted octanol–water partition coefficient (Wildman–Crippen LogP) is 10.6. The molecule has 0 bridgehead atoms. The fraction of sp³-hybridized carbons (Fsp3) is 0. The zero-order valence-electron chi connectivity index (χ0n) is 24.2. The first-order chi connectivity index (χ1) is 22.8. The molecule has 7 nitrogen and oxygen atoms in total. The van der Waals surface area contributed by atoms with Crippen LogP contribution in [0, 0.1) is 0 Å². The minimum atomic E-state index is 0.459. The molecule has 3 aromatic heterocycles. The van der Waals surface area contributed by atoms with Crippen molar-refractivity contribution in [3.05, 3.63) is 133 Å². The number of benzene rings is 6. The van der Waals surface area contributed by atoms with Crippen LogP contribution in [0.2, 0.25) is 0 Å². The number of rotatable bonds is 3. The molecule has 0 saturated heterocycles. The molecule has 0 atom stereocenters. The Morgan fingerprint density at radius 1 is 0.457 bits per heavy atom. The van der Waals surface area contributed by atoms with Gasteiger partial charge in [0.25, 0.3) is 0 Å². The maximum absolute atomic E-state index is 6.51. The number of aromatic nitrogens is 3. The highest BCUT2D eigenvalue weighted by Crippen LogP contribution is 2.52. The van der Waals surface area contributed by atoms with Crippen molar-refractivity contribution < 1.29 is 13.6 Å². The Bertz CT molecular complexity index is 2640. The third kappa shape index (κ3) is 3.69. The van der Waals surface area contributed by atoms with Gasteiger partial charge in [-0.25, -0.2) is 4.98 Å². The summed E-state index contributed by atoms with van der Waals surface area (Å²) in [5.74, 6) is 2.94. The third-order valence-electron chi connectivity index (χ3n) is 8.52. The van der Waals surface area contributed by atoms with E-state index >= 15 is 0 Å². The molecule has 0 saturated carbocycles. The number of nitrogens with zero attached hydrogens (tertiary/aromatic N) is 4. The topological polar surface area (TPSA) is 77.4 Å². The highest BCUT2D eigenvalue weighted by molar-refractivity contribution is 6.12. The number of furan rings is 2. The van der Waals surface area contributed by atoms with Crippen molar-refractivity contribution in [3.63, 3.8) is 0 Å². The number of ether oxygens (including phenoxy) is 1. The number of anilines is 3. The molecule has 216 valence electrons. The molecule has 0 radical (unpaired) electrons. The molecule has 0 spiro atoms. The van der Waals surface area contributed by atoms with Crippen LogP contribution in [0.25, 0.3) is 66.7 Å². The van der Waals surface area contributed by atoms with E-state index in [-0.39, 0.29) is 0 Å². The van der Waals surface area contributed by atoms with Gasteiger partial charge >= 0.3 is 0 Å². The molecule has 9 aromatic rings. The summed E-state index contributed by atoms with van der Waals surface area (Å²) in [5, 5.41) is 3.98. The van der Waals surface area contributed by atoms with Crippen LogP contribution >= 0.6 is 0 Å². The molecular formula is C39H22N4O3. The van der Waals surface area contributed by atoms with Crippen LogP contribution in [0.3, 0.4) is 0 Å². The van der Waals surface area contributed by atoms with Gasteiger partial charge < -0.3 is 13.6 Å². The average Bonchev–Trinajstić information content (AvgIpc) is 3.68. The van der Waals surface area contributed by atoms with Crippen molar-refractivity contribution in [1.82, 2.24) is 15.0 Å². The Labute approximate surface area is 262 Å². The summed E-state index contributed by atoms with van der Waals surface area (Å²) in [6.07, 6.45) is 0. The van der Waals surface area contributed by atoms with Gasteiger partial charge in [0.05, 0.1) is 11.4 Å². The first kappa shape index (κ1) is 24.9. The zero-order chi connectivity index (χ0) is 30.2. The van der Waals surface area contributed by atoms with Crippen LogP contribution in [0.4, 0.5) is 17.3 Å². The van der Waals surface area contributed by atoms with Gasteiger partial charge in [-0.2, -0.15) is 9.97 Å². The second-order valence-corrected chi connectivity index (χ2v) is 11.2. The lowest BCUT2D eigenvalue weighted by molar-refractivity contribution is 0.477. The monoisotopic (exact) mass is 594 g/mol. The largest absolute Gasteiger partial charge is 0.456 e. The Kier molecular flexibility index (Phi) is 5.15. The maximum Gasteiger partial charge on any atom is 0.239 e. The van der Waals surface area contributed by atoms with Gasteiger partial charge in [0.15, 0.2) is 23.1 Å². The molecule has 4 heterocycles. The highest BCUT2D eigenvalue weighted by Gasteiger charge is 2.30. The number of fused-ring (bicyclic) bond motifs is 8. The Hall–Kier alpha value is -6.47. The standard InChI is InChI=1S/C39H22N4O3/c1-2-11-23(12-3-1)37-40-38(26-15-10-20-33-36(26)25-14-5-8-18-31(25)44-33)42-39(41-37)43-28-16-6-9-19-32(28)46-35-21-27-24-13-4-7-17-30(24)45-34(27)22-29(35)43/h1-22H. The van der Waals surface area contributed by atoms with Crippen LogP contribution in [0.1, 0.15) is 0 Å². The summed E-state index contributed by atoms with van der Waals surface area (Å²) < 4.78 is 19.1. The SMILES string of the molecule is c1ccc(-c2nc(-c3cccc4oc5ccccc5c34)nc(N3c4ccccc4Oc4cc5c(cc43)oc3ccccc35)n2)cc1. The Morgan fingerprint density at radius 2 is 1.15 bits per heavy atom. The fourth-order valence-electron chi connectivity index (χ4n) is 6.45. The second-order valence-electron chi connectivity index (χ2n) is 11.2. The zero-order valence-corrected chi connectivity index (χ0v) is 24.2. The first-order valence-electron chi connectivity index (χ1n) is 15.0. The minimum Gasteiger partial charge on any atom is -0.456 e. The molecule has 1 aliphatic heterocycles. The van der Waals surface area contributed by atoms with Gasteiger partial charge in [-0.3, -0.25) is 4.90 Å². The lowest BCUT2D eigenvalue weighted by atomic mass is 10.1. The molecule has 7 heteroatoms. The molecule has 46 heavy (non-hydrogen) atoms. The molecule has 0 unspecified atom stereocenters. The average molecular weight is 595 g/mol. The molecule has 1 aliphatic rings. The van der Waals surface area contributed by atoms with Crippen molar-refractivity contribution in [2.75, 3.05) is 4.90 Å². The summed E-state index contributed by atoms with van der Waals surface area (Å²) in [6, 6.07) is 44.0.